The van der Waals surface area contributed by atoms with E-state index in [-0.39, 0.29) is 11.5 Å². The van der Waals surface area contributed by atoms with Gasteiger partial charge in [0.2, 0.25) is 0 Å². The van der Waals surface area contributed by atoms with Gasteiger partial charge >= 0.3 is 0 Å². The van der Waals surface area contributed by atoms with Gasteiger partial charge < -0.3 is 10.2 Å². The molecule has 0 amide bonds. The van der Waals surface area contributed by atoms with Gasteiger partial charge in [0.15, 0.2) is 0 Å². The Kier molecular flexibility index (Phi) is 3.14. The summed E-state index contributed by atoms with van der Waals surface area (Å²) in [6.45, 7) is 4.70. The molecule has 2 nitrogen and oxygen atoms in total. The van der Waals surface area contributed by atoms with Gasteiger partial charge in [0.1, 0.15) is 5.75 Å². The summed E-state index contributed by atoms with van der Waals surface area (Å²) in [4.78, 5) is 0. The second-order valence-corrected chi connectivity index (χ2v) is 8.21. The number of benzene rings is 1. The fourth-order valence-electron chi connectivity index (χ4n) is 6.49. The number of rotatable bonds is 1. The Labute approximate surface area is 133 Å². The van der Waals surface area contributed by atoms with Crippen LogP contribution in [0.15, 0.2) is 18.2 Å². The number of aryl methyl sites for hydroxylation is 1. The number of aliphatic hydroxyl groups excluding tert-OH is 1. The molecule has 2 fully saturated rings. The molecular formula is C20H28O2. The summed E-state index contributed by atoms with van der Waals surface area (Å²) in [6, 6.07) is 6.01. The number of fused-ring (bicyclic) bond motifs is 5. The van der Waals surface area contributed by atoms with E-state index in [2.05, 4.69) is 19.9 Å². The van der Waals surface area contributed by atoms with Crippen LogP contribution in [0.4, 0.5) is 0 Å². The molecule has 0 radical (unpaired) electrons. The molecule has 2 heteroatoms. The van der Waals surface area contributed by atoms with Crippen molar-refractivity contribution in [1.82, 2.24) is 0 Å². The minimum Gasteiger partial charge on any atom is -0.508 e. The Morgan fingerprint density at radius 1 is 1.18 bits per heavy atom. The highest BCUT2D eigenvalue weighted by Gasteiger charge is 2.60. The molecular weight excluding hydrogens is 272 g/mol. The van der Waals surface area contributed by atoms with Crippen molar-refractivity contribution in [2.75, 3.05) is 0 Å². The normalized spacial score (nSPS) is 43.3. The quantitative estimate of drug-likeness (QED) is 0.807. The maximum atomic E-state index is 10.6. The second kappa shape index (κ2) is 4.74. The van der Waals surface area contributed by atoms with Crippen molar-refractivity contribution in [3.8, 4) is 5.75 Å². The predicted octanol–water partition coefficient (Wildman–Crippen LogP) is 4.39. The highest BCUT2D eigenvalue weighted by atomic mass is 16.3. The lowest BCUT2D eigenvalue weighted by atomic mass is 9.46. The molecule has 3 aliphatic carbocycles. The van der Waals surface area contributed by atoms with Gasteiger partial charge in [0, 0.05) is 0 Å². The number of phenolic OH excluding ortho intramolecular Hbond substituents is 1. The average Bonchev–Trinajstić information content (AvgIpc) is 2.82. The summed E-state index contributed by atoms with van der Waals surface area (Å²) in [5.41, 5.74) is 3.32. The molecule has 0 heterocycles. The lowest BCUT2D eigenvalue weighted by molar-refractivity contribution is -0.0775. The first-order valence-corrected chi connectivity index (χ1v) is 9.01. The van der Waals surface area contributed by atoms with Crippen LogP contribution in [-0.4, -0.2) is 16.3 Å². The van der Waals surface area contributed by atoms with Crippen LogP contribution in [0.2, 0.25) is 0 Å². The summed E-state index contributed by atoms with van der Waals surface area (Å²) in [6.07, 6.45) is 7.91. The number of phenols is 1. The molecule has 120 valence electrons. The molecule has 0 bridgehead atoms. The fourth-order valence-corrected chi connectivity index (χ4v) is 6.49. The minimum atomic E-state index is -0.108. The van der Waals surface area contributed by atoms with Gasteiger partial charge in [0.05, 0.1) is 6.10 Å². The van der Waals surface area contributed by atoms with Gasteiger partial charge in [-0.25, -0.2) is 0 Å². The van der Waals surface area contributed by atoms with Crippen LogP contribution in [-0.2, 0) is 6.42 Å². The molecule has 0 saturated heterocycles. The highest BCUT2D eigenvalue weighted by molar-refractivity contribution is 5.41. The van der Waals surface area contributed by atoms with E-state index in [9.17, 15) is 10.2 Å². The highest BCUT2D eigenvalue weighted by Crippen LogP contribution is 2.68. The van der Waals surface area contributed by atoms with Gasteiger partial charge in [-0.3, -0.25) is 0 Å². The van der Waals surface area contributed by atoms with Crippen molar-refractivity contribution in [3.63, 3.8) is 0 Å². The third-order valence-electron chi connectivity index (χ3n) is 7.67. The van der Waals surface area contributed by atoms with Crippen molar-refractivity contribution in [2.24, 2.45) is 16.7 Å². The summed E-state index contributed by atoms with van der Waals surface area (Å²) in [7, 11) is 0. The largest absolute Gasteiger partial charge is 0.508 e. The lowest BCUT2D eigenvalue weighted by Crippen LogP contribution is -2.51. The molecule has 5 atom stereocenters. The van der Waals surface area contributed by atoms with E-state index in [1.165, 1.54) is 36.8 Å². The molecule has 2 N–H and O–H groups in total. The molecule has 1 aromatic carbocycles. The smallest absolute Gasteiger partial charge is 0.115 e. The first-order chi connectivity index (χ1) is 10.5. The summed E-state index contributed by atoms with van der Waals surface area (Å²) >= 11 is 0. The summed E-state index contributed by atoms with van der Waals surface area (Å²) in [5.74, 6) is 1.67. The van der Waals surface area contributed by atoms with E-state index in [1.807, 2.05) is 12.1 Å². The number of aromatic hydroxyl groups is 1. The van der Waals surface area contributed by atoms with E-state index < -0.39 is 0 Å². The Balaban J connectivity index is 1.81. The molecule has 2 saturated carbocycles. The molecule has 1 aromatic rings. The number of hydrogen-bond acceptors (Lipinski definition) is 2. The van der Waals surface area contributed by atoms with Gasteiger partial charge in [-0.15, -0.1) is 0 Å². The number of aliphatic hydroxyl groups is 1. The van der Waals surface area contributed by atoms with Gasteiger partial charge in [-0.05, 0) is 90.9 Å². The van der Waals surface area contributed by atoms with Gasteiger partial charge in [-0.2, -0.15) is 0 Å². The SMILES string of the molecule is CC[C@@]12CCc3cc(O)ccc3[C@H]1CC[C@]1(C)[C@H](O)CC[C@H]12. The van der Waals surface area contributed by atoms with Crippen molar-refractivity contribution < 1.29 is 10.2 Å². The third kappa shape index (κ3) is 1.71. The van der Waals surface area contributed by atoms with Crippen LogP contribution >= 0.6 is 0 Å². The maximum Gasteiger partial charge on any atom is 0.115 e. The van der Waals surface area contributed by atoms with Crippen LogP contribution in [0.5, 0.6) is 5.75 Å². The van der Waals surface area contributed by atoms with Crippen LogP contribution in [0.25, 0.3) is 0 Å². The van der Waals surface area contributed by atoms with E-state index in [4.69, 9.17) is 0 Å². The molecule has 22 heavy (non-hydrogen) atoms. The standard InChI is InChI=1S/C20H28O2/c1-3-20-11-8-13-12-14(21)4-5-15(13)16(20)9-10-19(2)17(20)6-7-18(19)22/h4-5,12,16-18,21-22H,3,6-11H2,1-2H3/t16-,17-,18-,19+,20-/m1/s1. The average molecular weight is 300 g/mol. The monoisotopic (exact) mass is 300 g/mol. The van der Waals surface area contributed by atoms with Crippen molar-refractivity contribution in [3.05, 3.63) is 29.3 Å². The molecule has 0 aliphatic heterocycles. The summed E-state index contributed by atoms with van der Waals surface area (Å²) < 4.78 is 0. The maximum absolute atomic E-state index is 10.6. The summed E-state index contributed by atoms with van der Waals surface area (Å²) in [5, 5.41) is 20.4. The van der Waals surface area contributed by atoms with Gasteiger partial charge in [-0.1, -0.05) is 19.9 Å². The van der Waals surface area contributed by atoms with Crippen molar-refractivity contribution in [2.45, 2.75) is 70.8 Å². The van der Waals surface area contributed by atoms with Crippen molar-refractivity contribution >= 4 is 0 Å². The molecule has 3 aliphatic rings. The fraction of sp³-hybridized carbons (Fsp3) is 0.700. The Morgan fingerprint density at radius 2 is 2.00 bits per heavy atom. The van der Waals surface area contributed by atoms with E-state index in [0.717, 1.165) is 19.3 Å². The van der Waals surface area contributed by atoms with Gasteiger partial charge in [0.25, 0.3) is 0 Å². The zero-order valence-corrected chi connectivity index (χ0v) is 13.8. The Hall–Kier alpha value is -1.02. The Morgan fingerprint density at radius 3 is 2.77 bits per heavy atom. The van der Waals surface area contributed by atoms with Crippen molar-refractivity contribution in [1.29, 1.82) is 0 Å². The minimum absolute atomic E-state index is 0.108. The zero-order chi connectivity index (χ0) is 15.5. The molecule has 0 unspecified atom stereocenters. The van der Waals surface area contributed by atoms with E-state index in [0.29, 0.717) is 23.0 Å². The van der Waals surface area contributed by atoms with E-state index in [1.54, 1.807) is 0 Å². The topological polar surface area (TPSA) is 40.5 Å². The molecule has 0 spiro atoms. The van der Waals surface area contributed by atoms with Crippen LogP contribution < -0.4 is 0 Å². The van der Waals surface area contributed by atoms with Crippen LogP contribution in [0.1, 0.15) is 69.4 Å². The first kappa shape index (κ1) is 14.6. The third-order valence-corrected chi connectivity index (χ3v) is 7.67. The molecule has 4 rings (SSSR count). The predicted molar refractivity (Wildman–Crippen MR) is 88.0 cm³/mol. The van der Waals surface area contributed by atoms with Crippen LogP contribution in [0, 0.1) is 16.7 Å². The van der Waals surface area contributed by atoms with E-state index >= 15 is 0 Å². The zero-order valence-electron chi connectivity index (χ0n) is 13.8. The second-order valence-electron chi connectivity index (χ2n) is 8.21. The lowest BCUT2D eigenvalue weighted by Gasteiger charge is -2.58. The number of hydrogen-bond donors (Lipinski definition) is 2. The molecule has 0 aromatic heterocycles. The van der Waals surface area contributed by atoms with Crippen LogP contribution in [0.3, 0.4) is 0 Å². The first-order valence-electron chi connectivity index (χ1n) is 9.01. The Bertz CT molecular complexity index is 595.